The highest BCUT2D eigenvalue weighted by Crippen LogP contribution is 2.27. The second-order valence-corrected chi connectivity index (χ2v) is 5.72. The highest BCUT2D eigenvalue weighted by atomic mass is 16.6. The Morgan fingerprint density at radius 3 is 2.62 bits per heavy atom. The molecule has 2 heterocycles. The fourth-order valence-corrected chi connectivity index (χ4v) is 2.71. The van der Waals surface area contributed by atoms with Crippen LogP contribution in [-0.4, -0.2) is 41.5 Å². The highest BCUT2D eigenvalue weighted by Gasteiger charge is 2.41. The van der Waals surface area contributed by atoms with E-state index in [4.69, 9.17) is 4.74 Å². The molecule has 24 heavy (non-hydrogen) atoms. The fraction of sp³-hybridized carbons (Fsp3) is 0.278. The van der Waals surface area contributed by atoms with E-state index in [9.17, 15) is 9.59 Å². The van der Waals surface area contributed by atoms with Crippen molar-refractivity contribution in [3.05, 3.63) is 66.0 Å². The summed E-state index contributed by atoms with van der Waals surface area (Å²) in [6.07, 6.45) is 3.02. The maximum atomic E-state index is 12.7. The lowest BCUT2D eigenvalue weighted by Gasteiger charge is -2.23. The number of aromatic nitrogens is 1. The molecule has 3 rings (SSSR count). The first kappa shape index (κ1) is 16.0. The predicted octanol–water partition coefficient (Wildman–Crippen LogP) is 1.93. The number of nitrogens with one attached hydrogen (secondary N) is 1. The van der Waals surface area contributed by atoms with Gasteiger partial charge in [-0.3, -0.25) is 9.78 Å². The molecule has 0 saturated carbocycles. The van der Waals surface area contributed by atoms with Crippen LogP contribution in [0.4, 0.5) is 4.79 Å². The fourth-order valence-electron chi connectivity index (χ4n) is 2.71. The van der Waals surface area contributed by atoms with Crippen LogP contribution in [0.5, 0.6) is 0 Å². The SMILES string of the molecule is CN(CCc1ccncc1)C(=O)C1NC(=O)OC1c1ccccc1. The number of amides is 2. The molecule has 1 N–H and O–H groups in total. The molecule has 6 heteroatoms. The van der Waals surface area contributed by atoms with Gasteiger partial charge in [0.2, 0.25) is 5.91 Å². The van der Waals surface area contributed by atoms with Gasteiger partial charge in [-0.05, 0) is 29.7 Å². The molecule has 124 valence electrons. The zero-order chi connectivity index (χ0) is 16.9. The van der Waals surface area contributed by atoms with Crippen molar-refractivity contribution in [2.24, 2.45) is 0 Å². The van der Waals surface area contributed by atoms with Gasteiger partial charge in [-0.1, -0.05) is 30.3 Å². The largest absolute Gasteiger partial charge is 0.439 e. The van der Waals surface area contributed by atoms with Crippen LogP contribution in [0.2, 0.25) is 0 Å². The van der Waals surface area contributed by atoms with Crippen LogP contribution in [0.15, 0.2) is 54.9 Å². The van der Waals surface area contributed by atoms with Gasteiger partial charge in [0.15, 0.2) is 12.1 Å². The predicted molar refractivity (Wildman–Crippen MR) is 88.2 cm³/mol. The van der Waals surface area contributed by atoms with E-state index in [1.54, 1.807) is 24.3 Å². The molecule has 1 aliphatic rings. The van der Waals surface area contributed by atoms with Crippen LogP contribution in [0, 0.1) is 0 Å². The van der Waals surface area contributed by atoms with Crippen molar-refractivity contribution < 1.29 is 14.3 Å². The smallest absolute Gasteiger partial charge is 0.408 e. The Hall–Kier alpha value is -2.89. The lowest BCUT2D eigenvalue weighted by atomic mass is 10.0. The molecule has 0 aliphatic carbocycles. The van der Waals surface area contributed by atoms with E-state index >= 15 is 0 Å². The summed E-state index contributed by atoms with van der Waals surface area (Å²) in [7, 11) is 1.73. The van der Waals surface area contributed by atoms with Crippen LogP contribution in [0.1, 0.15) is 17.2 Å². The number of carbonyl (C=O) groups excluding carboxylic acids is 2. The first-order chi connectivity index (χ1) is 11.6. The minimum atomic E-state index is -0.706. The zero-order valence-electron chi connectivity index (χ0n) is 13.4. The first-order valence-electron chi connectivity index (χ1n) is 7.81. The summed E-state index contributed by atoms with van der Waals surface area (Å²) in [4.78, 5) is 29.9. The molecule has 2 unspecified atom stereocenters. The number of benzene rings is 1. The van der Waals surface area contributed by atoms with Gasteiger partial charge in [-0.25, -0.2) is 4.79 Å². The Labute approximate surface area is 140 Å². The monoisotopic (exact) mass is 325 g/mol. The molecule has 2 amide bonds. The molecule has 1 aliphatic heterocycles. The van der Waals surface area contributed by atoms with E-state index in [1.165, 1.54) is 0 Å². The van der Waals surface area contributed by atoms with Crippen LogP contribution in [-0.2, 0) is 16.0 Å². The number of pyridine rings is 1. The molecule has 0 bridgehead atoms. The maximum absolute atomic E-state index is 12.7. The Morgan fingerprint density at radius 1 is 1.21 bits per heavy atom. The van der Waals surface area contributed by atoms with Crippen molar-refractivity contribution in [3.63, 3.8) is 0 Å². The number of carbonyl (C=O) groups is 2. The number of likely N-dealkylation sites (N-methyl/N-ethyl adjacent to an activating group) is 1. The van der Waals surface area contributed by atoms with Gasteiger partial charge in [-0.2, -0.15) is 0 Å². The molecule has 2 aromatic rings. The Kier molecular flexibility index (Phi) is 4.74. The summed E-state index contributed by atoms with van der Waals surface area (Å²) < 4.78 is 5.29. The summed E-state index contributed by atoms with van der Waals surface area (Å²) >= 11 is 0. The maximum Gasteiger partial charge on any atom is 0.408 e. The normalized spacial score (nSPS) is 19.5. The van der Waals surface area contributed by atoms with E-state index in [-0.39, 0.29) is 5.91 Å². The number of nitrogens with zero attached hydrogens (tertiary/aromatic N) is 2. The number of hydrogen-bond donors (Lipinski definition) is 1. The minimum Gasteiger partial charge on any atom is -0.439 e. The van der Waals surface area contributed by atoms with Crippen LogP contribution < -0.4 is 5.32 Å². The molecule has 0 radical (unpaired) electrons. The first-order valence-corrected chi connectivity index (χ1v) is 7.81. The van der Waals surface area contributed by atoms with Crippen LogP contribution in [0.25, 0.3) is 0 Å². The Morgan fingerprint density at radius 2 is 1.92 bits per heavy atom. The third kappa shape index (κ3) is 3.53. The van der Waals surface area contributed by atoms with E-state index in [0.717, 1.165) is 17.5 Å². The quantitative estimate of drug-likeness (QED) is 0.912. The lowest BCUT2D eigenvalue weighted by molar-refractivity contribution is -0.133. The number of hydrogen-bond acceptors (Lipinski definition) is 4. The van der Waals surface area contributed by atoms with Crippen molar-refractivity contribution in [1.29, 1.82) is 0 Å². The van der Waals surface area contributed by atoms with Gasteiger partial charge in [0.1, 0.15) is 0 Å². The molecule has 0 spiro atoms. The number of alkyl carbamates (subject to hydrolysis) is 1. The second kappa shape index (κ2) is 7.12. The van der Waals surface area contributed by atoms with Gasteiger partial charge < -0.3 is 15.0 Å². The van der Waals surface area contributed by atoms with Gasteiger partial charge in [0.25, 0.3) is 0 Å². The zero-order valence-corrected chi connectivity index (χ0v) is 13.4. The van der Waals surface area contributed by atoms with Crippen LogP contribution in [0.3, 0.4) is 0 Å². The molecule has 1 saturated heterocycles. The summed E-state index contributed by atoms with van der Waals surface area (Å²) in [5.74, 6) is -0.163. The van der Waals surface area contributed by atoms with Crippen molar-refractivity contribution in [2.45, 2.75) is 18.6 Å². The summed E-state index contributed by atoms with van der Waals surface area (Å²) in [6, 6.07) is 12.4. The highest BCUT2D eigenvalue weighted by molar-refractivity contribution is 5.88. The van der Waals surface area contributed by atoms with E-state index in [1.807, 2.05) is 42.5 Å². The van der Waals surface area contributed by atoms with Crippen LogP contribution >= 0.6 is 0 Å². The van der Waals surface area contributed by atoms with E-state index < -0.39 is 18.2 Å². The van der Waals surface area contributed by atoms with Crippen molar-refractivity contribution in [2.75, 3.05) is 13.6 Å². The average Bonchev–Trinajstić information content (AvgIpc) is 3.02. The van der Waals surface area contributed by atoms with Gasteiger partial charge in [0.05, 0.1) is 0 Å². The number of ether oxygens (including phenoxy) is 1. The van der Waals surface area contributed by atoms with Crippen molar-refractivity contribution in [1.82, 2.24) is 15.2 Å². The topological polar surface area (TPSA) is 71.5 Å². The lowest BCUT2D eigenvalue weighted by Crippen LogP contribution is -2.45. The molecule has 6 nitrogen and oxygen atoms in total. The van der Waals surface area contributed by atoms with Gasteiger partial charge >= 0.3 is 6.09 Å². The number of cyclic esters (lactones) is 1. The average molecular weight is 325 g/mol. The standard InChI is InChI=1S/C18H19N3O3/c1-21(12-9-13-7-10-19-11-8-13)17(22)15-16(24-18(23)20-15)14-5-3-2-4-6-14/h2-8,10-11,15-16H,9,12H2,1H3,(H,20,23). The minimum absolute atomic E-state index is 0.163. The summed E-state index contributed by atoms with van der Waals surface area (Å²) in [5.41, 5.74) is 1.91. The molecular formula is C18H19N3O3. The van der Waals surface area contributed by atoms with Gasteiger partial charge in [0, 0.05) is 26.0 Å². The molecule has 1 fully saturated rings. The van der Waals surface area contributed by atoms with Crippen molar-refractivity contribution >= 4 is 12.0 Å². The summed E-state index contributed by atoms with van der Waals surface area (Å²) in [6.45, 7) is 0.552. The van der Waals surface area contributed by atoms with Crippen molar-refractivity contribution in [3.8, 4) is 0 Å². The second-order valence-electron chi connectivity index (χ2n) is 5.72. The third-order valence-corrected chi connectivity index (χ3v) is 4.07. The summed E-state index contributed by atoms with van der Waals surface area (Å²) in [5, 5.41) is 2.62. The molecule has 1 aromatic carbocycles. The third-order valence-electron chi connectivity index (χ3n) is 4.07. The molecule has 1 aromatic heterocycles. The molecular weight excluding hydrogens is 306 g/mol. The number of rotatable bonds is 5. The Balaban J connectivity index is 1.67. The molecule has 2 atom stereocenters. The van der Waals surface area contributed by atoms with E-state index in [2.05, 4.69) is 10.3 Å². The van der Waals surface area contributed by atoms with Gasteiger partial charge in [-0.15, -0.1) is 0 Å². The Bertz CT molecular complexity index is 706. The van der Waals surface area contributed by atoms with E-state index in [0.29, 0.717) is 6.54 Å².